The van der Waals surface area contributed by atoms with Crippen molar-refractivity contribution in [3.05, 3.63) is 54.2 Å². The van der Waals surface area contributed by atoms with Crippen molar-refractivity contribution in [2.75, 3.05) is 40.4 Å². The maximum absolute atomic E-state index is 13.1. The fourth-order valence-electron chi connectivity index (χ4n) is 4.04. The van der Waals surface area contributed by atoms with Crippen molar-refractivity contribution in [2.24, 2.45) is 0 Å². The number of carbonyl (C=O) groups excluding carboxylic acids is 1. The Labute approximate surface area is 187 Å². The number of amides is 1. The summed E-state index contributed by atoms with van der Waals surface area (Å²) in [7, 11) is -0.717. The van der Waals surface area contributed by atoms with E-state index in [-0.39, 0.29) is 23.9 Å². The number of sulfonamides is 1. The minimum Gasteiger partial charge on any atom is -0.493 e. The SMILES string of the molecule is COc1ccc(S(=O)(=O)N2CCN(C(=O)CCc3c[nH]c4ccccc34)CC2)cc1OC. The molecule has 1 aliphatic rings. The van der Waals surface area contributed by atoms with Crippen molar-refractivity contribution < 1.29 is 22.7 Å². The van der Waals surface area contributed by atoms with Crippen molar-refractivity contribution in [1.82, 2.24) is 14.2 Å². The van der Waals surface area contributed by atoms with Crippen molar-refractivity contribution in [3.8, 4) is 11.5 Å². The summed E-state index contributed by atoms with van der Waals surface area (Å²) in [5, 5.41) is 1.13. The lowest BCUT2D eigenvalue weighted by atomic mass is 10.1. The molecule has 0 atom stereocenters. The second kappa shape index (κ2) is 9.22. The summed E-state index contributed by atoms with van der Waals surface area (Å²) >= 11 is 0. The molecule has 2 aromatic carbocycles. The number of methoxy groups -OCH3 is 2. The van der Waals surface area contributed by atoms with Gasteiger partial charge in [-0.15, -0.1) is 0 Å². The first-order valence-electron chi connectivity index (χ1n) is 10.5. The third kappa shape index (κ3) is 4.31. The molecule has 4 rings (SSSR count). The second-order valence-electron chi connectivity index (χ2n) is 7.66. The van der Waals surface area contributed by atoms with E-state index in [2.05, 4.69) is 4.98 Å². The summed E-state index contributed by atoms with van der Waals surface area (Å²) in [6.07, 6.45) is 2.99. The summed E-state index contributed by atoms with van der Waals surface area (Å²) in [6, 6.07) is 12.6. The lowest BCUT2D eigenvalue weighted by Crippen LogP contribution is -2.50. The van der Waals surface area contributed by atoms with Crippen LogP contribution in [-0.2, 0) is 21.2 Å². The highest BCUT2D eigenvalue weighted by Crippen LogP contribution is 2.31. The Morgan fingerprint density at radius 1 is 1.00 bits per heavy atom. The maximum atomic E-state index is 13.1. The molecule has 1 aromatic heterocycles. The number of carbonyl (C=O) groups is 1. The number of aromatic nitrogens is 1. The van der Waals surface area contributed by atoms with Gasteiger partial charge in [0.05, 0.1) is 19.1 Å². The predicted molar refractivity (Wildman–Crippen MR) is 122 cm³/mol. The van der Waals surface area contributed by atoms with Gasteiger partial charge in [0.1, 0.15) is 0 Å². The number of hydrogen-bond donors (Lipinski definition) is 1. The Bertz CT molecular complexity index is 1210. The van der Waals surface area contributed by atoms with E-state index >= 15 is 0 Å². The van der Waals surface area contributed by atoms with Crippen molar-refractivity contribution in [2.45, 2.75) is 17.7 Å². The molecule has 32 heavy (non-hydrogen) atoms. The fraction of sp³-hybridized carbons (Fsp3) is 0.348. The number of ether oxygens (including phenoxy) is 2. The zero-order valence-electron chi connectivity index (χ0n) is 18.2. The molecule has 0 saturated carbocycles. The number of nitrogens with zero attached hydrogens (tertiary/aromatic N) is 2. The Hall–Kier alpha value is -3.04. The first-order valence-corrected chi connectivity index (χ1v) is 11.9. The van der Waals surface area contributed by atoms with Crippen LogP contribution in [0.2, 0.25) is 0 Å². The number of aryl methyl sites for hydroxylation is 1. The van der Waals surface area contributed by atoms with E-state index in [1.807, 2.05) is 30.5 Å². The van der Waals surface area contributed by atoms with Gasteiger partial charge in [0.25, 0.3) is 0 Å². The average Bonchev–Trinajstić information content (AvgIpc) is 3.25. The number of nitrogens with one attached hydrogen (secondary N) is 1. The number of fused-ring (bicyclic) bond motifs is 1. The van der Waals surface area contributed by atoms with Crippen LogP contribution in [0.5, 0.6) is 11.5 Å². The van der Waals surface area contributed by atoms with Crippen molar-refractivity contribution in [1.29, 1.82) is 0 Å². The molecule has 9 heteroatoms. The Morgan fingerprint density at radius 3 is 2.44 bits per heavy atom. The molecular formula is C23H27N3O5S. The van der Waals surface area contributed by atoms with Crippen molar-refractivity contribution >= 4 is 26.8 Å². The lowest BCUT2D eigenvalue weighted by Gasteiger charge is -2.34. The molecule has 1 N–H and O–H groups in total. The van der Waals surface area contributed by atoms with Gasteiger partial charge >= 0.3 is 0 Å². The van der Waals surface area contributed by atoms with Gasteiger partial charge in [-0.05, 0) is 30.2 Å². The second-order valence-corrected chi connectivity index (χ2v) is 9.60. The molecular weight excluding hydrogens is 430 g/mol. The molecule has 170 valence electrons. The van der Waals surface area contributed by atoms with Crippen LogP contribution in [0, 0.1) is 0 Å². The molecule has 0 bridgehead atoms. The molecule has 3 aromatic rings. The van der Waals surface area contributed by atoms with E-state index in [1.165, 1.54) is 30.7 Å². The summed E-state index contributed by atoms with van der Waals surface area (Å²) in [4.78, 5) is 17.8. The van der Waals surface area contributed by atoms with Crippen LogP contribution in [0.3, 0.4) is 0 Å². The maximum Gasteiger partial charge on any atom is 0.243 e. The zero-order chi connectivity index (χ0) is 22.7. The van der Waals surface area contributed by atoms with E-state index in [0.29, 0.717) is 37.4 Å². The van der Waals surface area contributed by atoms with Gasteiger partial charge < -0.3 is 19.4 Å². The number of piperazine rings is 1. The molecule has 0 radical (unpaired) electrons. The molecule has 0 aliphatic carbocycles. The largest absolute Gasteiger partial charge is 0.493 e. The highest BCUT2D eigenvalue weighted by molar-refractivity contribution is 7.89. The summed E-state index contributed by atoms with van der Waals surface area (Å²) in [5.41, 5.74) is 2.17. The van der Waals surface area contributed by atoms with Gasteiger partial charge in [-0.1, -0.05) is 18.2 Å². The molecule has 1 amide bonds. The molecule has 1 aliphatic heterocycles. The standard InChI is InChI=1S/C23H27N3O5S/c1-30-21-9-8-18(15-22(21)31-2)32(28,29)26-13-11-25(12-14-26)23(27)10-7-17-16-24-20-6-4-3-5-19(17)20/h3-6,8-9,15-16,24H,7,10-14H2,1-2H3. The number of rotatable bonds is 7. The quantitative estimate of drug-likeness (QED) is 0.589. The van der Waals surface area contributed by atoms with E-state index in [1.54, 1.807) is 11.0 Å². The average molecular weight is 458 g/mol. The number of para-hydroxylation sites is 1. The minimum atomic E-state index is -3.69. The summed E-state index contributed by atoms with van der Waals surface area (Å²) in [5.74, 6) is 0.871. The van der Waals surface area contributed by atoms with Crippen LogP contribution in [0.25, 0.3) is 10.9 Å². The monoisotopic (exact) mass is 457 g/mol. The van der Waals surface area contributed by atoms with Crippen LogP contribution in [0.4, 0.5) is 0 Å². The van der Waals surface area contributed by atoms with E-state index in [0.717, 1.165) is 16.5 Å². The number of hydrogen-bond acceptors (Lipinski definition) is 5. The van der Waals surface area contributed by atoms with Crippen LogP contribution in [-0.4, -0.2) is 68.9 Å². The normalized spacial score (nSPS) is 15.1. The van der Waals surface area contributed by atoms with Crippen molar-refractivity contribution in [3.63, 3.8) is 0 Å². The fourth-order valence-corrected chi connectivity index (χ4v) is 5.48. The Balaban J connectivity index is 1.36. The molecule has 0 spiro atoms. The van der Waals surface area contributed by atoms with Crippen LogP contribution in [0.1, 0.15) is 12.0 Å². The minimum absolute atomic E-state index is 0.0402. The number of aromatic amines is 1. The van der Waals surface area contributed by atoms with Gasteiger partial charge in [0.15, 0.2) is 11.5 Å². The van der Waals surface area contributed by atoms with Crippen LogP contribution >= 0.6 is 0 Å². The third-order valence-corrected chi connectivity index (χ3v) is 7.76. The highest BCUT2D eigenvalue weighted by Gasteiger charge is 2.30. The van der Waals surface area contributed by atoms with Gasteiger partial charge in [-0.25, -0.2) is 8.42 Å². The van der Waals surface area contributed by atoms with Gasteiger partial charge in [-0.2, -0.15) is 4.31 Å². The van der Waals surface area contributed by atoms with Crippen LogP contribution < -0.4 is 9.47 Å². The topological polar surface area (TPSA) is 91.9 Å². The van der Waals surface area contributed by atoms with E-state index in [4.69, 9.17) is 9.47 Å². The molecule has 8 nitrogen and oxygen atoms in total. The predicted octanol–water partition coefficient (Wildman–Crippen LogP) is 2.65. The third-order valence-electron chi connectivity index (χ3n) is 5.87. The van der Waals surface area contributed by atoms with Gasteiger partial charge in [0, 0.05) is 55.8 Å². The van der Waals surface area contributed by atoms with Gasteiger partial charge in [-0.3, -0.25) is 4.79 Å². The van der Waals surface area contributed by atoms with E-state index in [9.17, 15) is 13.2 Å². The Morgan fingerprint density at radius 2 is 1.72 bits per heavy atom. The first kappa shape index (κ1) is 22.2. The molecule has 2 heterocycles. The summed E-state index contributed by atoms with van der Waals surface area (Å²) in [6.45, 7) is 1.27. The molecule has 1 saturated heterocycles. The number of H-pyrrole nitrogens is 1. The Kier molecular flexibility index (Phi) is 6.38. The lowest BCUT2D eigenvalue weighted by molar-refractivity contribution is -0.132. The smallest absolute Gasteiger partial charge is 0.243 e. The van der Waals surface area contributed by atoms with E-state index < -0.39 is 10.0 Å². The molecule has 0 unspecified atom stereocenters. The summed E-state index contributed by atoms with van der Waals surface area (Å²) < 4.78 is 37.9. The first-order chi connectivity index (χ1) is 15.4. The molecule has 1 fully saturated rings. The number of benzene rings is 2. The highest BCUT2D eigenvalue weighted by atomic mass is 32.2. The van der Waals surface area contributed by atoms with Crippen LogP contribution in [0.15, 0.2) is 53.6 Å². The van der Waals surface area contributed by atoms with Gasteiger partial charge in [0.2, 0.25) is 15.9 Å². The zero-order valence-corrected chi connectivity index (χ0v) is 19.0.